The standard InChI is InChI=1S/C13H17ClN2O/c1-9(15)13(17)16(12-6-7-12)8-10-2-4-11(14)5-3-10/h2-5,9,12H,6-8,15H2,1H3/t9-/m0/s1. The van der Waals surface area contributed by atoms with E-state index in [0.29, 0.717) is 17.6 Å². The van der Waals surface area contributed by atoms with E-state index in [1.165, 1.54) is 0 Å². The van der Waals surface area contributed by atoms with Gasteiger partial charge >= 0.3 is 0 Å². The topological polar surface area (TPSA) is 46.3 Å². The zero-order valence-corrected chi connectivity index (χ0v) is 10.7. The van der Waals surface area contributed by atoms with Crippen molar-refractivity contribution in [1.29, 1.82) is 0 Å². The van der Waals surface area contributed by atoms with Crippen LogP contribution in [0.1, 0.15) is 25.3 Å². The van der Waals surface area contributed by atoms with E-state index in [0.717, 1.165) is 18.4 Å². The van der Waals surface area contributed by atoms with Gasteiger partial charge in [-0.15, -0.1) is 0 Å². The van der Waals surface area contributed by atoms with Gasteiger partial charge in [-0.05, 0) is 37.5 Å². The summed E-state index contributed by atoms with van der Waals surface area (Å²) in [5.41, 5.74) is 6.76. The minimum Gasteiger partial charge on any atom is -0.334 e. The summed E-state index contributed by atoms with van der Waals surface area (Å²) < 4.78 is 0. The van der Waals surface area contributed by atoms with Gasteiger partial charge in [-0.3, -0.25) is 4.79 Å². The predicted molar refractivity (Wildman–Crippen MR) is 68.7 cm³/mol. The monoisotopic (exact) mass is 252 g/mol. The fourth-order valence-corrected chi connectivity index (χ4v) is 1.95. The molecule has 92 valence electrons. The van der Waals surface area contributed by atoms with E-state index >= 15 is 0 Å². The molecule has 1 aromatic rings. The highest BCUT2D eigenvalue weighted by atomic mass is 35.5. The molecule has 4 heteroatoms. The predicted octanol–water partition coefficient (Wildman–Crippen LogP) is 2.18. The maximum absolute atomic E-state index is 12.0. The van der Waals surface area contributed by atoms with Gasteiger partial charge in [0.15, 0.2) is 0 Å². The molecule has 0 saturated heterocycles. The molecular formula is C13H17ClN2O. The summed E-state index contributed by atoms with van der Waals surface area (Å²) >= 11 is 5.84. The van der Waals surface area contributed by atoms with Gasteiger partial charge in [0, 0.05) is 17.6 Å². The first-order chi connectivity index (χ1) is 8.08. The average Bonchev–Trinajstić information content (AvgIpc) is 3.11. The molecule has 2 rings (SSSR count). The summed E-state index contributed by atoms with van der Waals surface area (Å²) in [5.74, 6) is 0.0300. The Morgan fingerprint density at radius 3 is 2.53 bits per heavy atom. The third-order valence-electron chi connectivity index (χ3n) is 2.93. The zero-order valence-electron chi connectivity index (χ0n) is 9.90. The second-order valence-corrected chi connectivity index (χ2v) is 5.05. The Bertz CT molecular complexity index is 398. The number of hydrogen-bond acceptors (Lipinski definition) is 2. The van der Waals surface area contributed by atoms with Crippen LogP contribution in [0.2, 0.25) is 5.02 Å². The van der Waals surface area contributed by atoms with Gasteiger partial charge in [0.1, 0.15) is 0 Å². The number of carbonyl (C=O) groups excluding carboxylic acids is 1. The zero-order chi connectivity index (χ0) is 12.4. The Balaban J connectivity index is 2.07. The lowest BCUT2D eigenvalue weighted by Gasteiger charge is -2.24. The molecule has 1 aliphatic rings. The molecule has 1 atom stereocenters. The highest BCUT2D eigenvalue weighted by molar-refractivity contribution is 6.30. The lowest BCUT2D eigenvalue weighted by atomic mass is 10.2. The number of nitrogens with zero attached hydrogens (tertiary/aromatic N) is 1. The normalized spacial score (nSPS) is 16.6. The number of nitrogens with two attached hydrogens (primary N) is 1. The molecule has 1 saturated carbocycles. The summed E-state index contributed by atoms with van der Waals surface area (Å²) in [6, 6.07) is 7.54. The van der Waals surface area contributed by atoms with Gasteiger partial charge in [0.25, 0.3) is 0 Å². The van der Waals surface area contributed by atoms with E-state index in [2.05, 4.69) is 0 Å². The molecule has 1 fully saturated rings. The van der Waals surface area contributed by atoms with Gasteiger partial charge in [-0.25, -0.2) is 0 Å². The summed E-state index contributed by atoms with van der Waals surface area (Å²) in [4.78, 5) is 13.9. The van der Waals surface area contributed by atoms with E-state index in [1.807, 2.05) is 29.2 Å². The molecule has 0 spiro atoms. The van der Waals surface area contributed by atoms with Gasteiger partial charge in [-0.2, -0.15) is 0 Å². The Morgan fingerprint density at radius 2 is 2.06 bits per heavy atom. The second-order valence-electron chi connectivity index (χ2n) is 4.61. The summed E-state index contributed by atoms with van der Waals surface area (Å²) in [6.07, 6.45) is 2.18. The fourth-order valence-electron chi connectivity index (χ4n) is 1.82. The fraction of sp³-hybridized carbons (Fsp3) is 0.462. The molecule has 2 N–H and O–H groups in total. The number of amides is 1. The SMILES string of the molecule is C[C@H](N)C(=O)N(Cc1ccc(Cl)cc1)C1CC1. The maximum Gasteiger partial charge on any atom is 0.239 e. The Labute approximate surface area is 107 Å². The van der Waals surface area contributed by atoms with Crippen molar-refractivity contribution < 1.29 is 4.79 Å². The van der Waals surface area contributed by atoms with E-state index in [-0.39, 0.29) is 5.91 Å². The first kappa shape index (κ1) is 12.4. The molecule has 0 aromatic heterocycles. The molecule has 1 aromatic carbocycles. The van der Waals surface area contributed by atoms with Gasteiger partial charge in [0.05, 0.1) is 6.04 Å². The highest BCUT2D eigenvalue weighted by Crippen LogP contribution is 2.29. The van der Waals surface area contributed by atoms with E-state index in [9.17, 15) is 4.79 Å². The van der Waals surface area contributed by atoms with Crippen molar-refractivity contribution in [3.05, 3.63) is 34.9 Å². The quantitative estimate of drug-likeness (QED) is 0.893. The Hall–Kier alpha value is -1.06. The molecule has 0 heterocycles. The van der Waals surface area contributed by atoms with Crippen LogP contribution in [-0.2, 0) is 11.3 Å². The van der Waals surface area contributed by atoms with Crippen LogP contribution < -0.4 is 5.73 Å². The average molecular weight is 253 g/mol. The van der Waals surface area contributed by atoms with Crippen LogP contribution in [0.3, 0.4) is 0 Å². The van der Waals surface area contributed by atoms with Crippen molar-refractivity contribution in [2.24, 2.45) is 5.73 Å². The summed E-state index contributed by atoms with van der Waals surface area (Å²) in [7, 11) is 0. The second kappa shape index (κ2) is 5.07. The van der Waals surface area contributed by atoms with Crippen molar-refractivity contribution in [2.45, 2.75) is 38.4 Å². The van der Waals surface area contributed by atoms with Crippen molar-refractivity contribution >= 4 is 17.5 Å². The molecule has 0 unspecified atom stereocenters. The van der Waals surface area contributed by atoms with Crippen LogP contribution in [0.15, 0.2) is 24.3 Å². The number of benzene rings is 1. The largest absolute Gasteiger partial charge is 0.334 e. The molecule has 3 nitrogen and oxygen atoms in total. The third kappa shape index (κ3) is 3.20. The molecule has 1 aliphatic carbocycles. The van der Waals surface area contributed by atoms with Crippen LogP contribution in [-0.4, -0.2) is 22.9 Å². The van der Waals surface area contributed by atoms with E-state index < -0.39 is 6.04 Å². The maximum atomic E-state index is 12.0. The van der Waals surface area contributed by atoms with Gasteiger partial charge in [0.2, 0.25) is 5.91 Å². The summed E-state index contributed by atoms with van der Waals surface area (Å²) in [5, 5.41) is 0.713. The van der Waals surface area contributed by atoms with E-state index in [1.54, 1.807) is 6.92 Å². The smallest absolute Gasteiger partial charge is 0.239 e. The van der Waals surface area contributed by atoms with E-state index in [4.69, 9.17) is 17.3 Å². The Kier molecular flexibility index (Phi) is 3.69. The number of carbonyl (C=O) groups is 1. The molecule has 0 aliphatic heterocycles. The van der Waals surface area contributed by atoms with Crippen molar-refractivity contribution in [3.63, 3.8) is 0 Å². The van der Waals surface area contributed by atoms with Crippen molar-refractivity contribution in [2.75, 3.05) is 0 Å². The van der Waals surface area contributed by atoms with Crippen LogP contribution in [0.5, 0.6) is 0 Å². The first-order valence-electron chi connectivity index (χ1n) is 5.88. The van der Waals surface area contributed by atoms with Gasteiger partial charge < -0.3 is 10.6 Å². The lowest BCUT2D eigenvalue weighted by molar-refractivity contribution is -0.133. The molecule has 0 radical (unpaired) electrons. The van der Waals surface area contributed by atoms with Crippen LogP contribution in [0.25, 0.3) is 0 Å². The number of rotatable bonds is 4. The molecular weight excluding hydrogens is 236 g/mol. The van der Waals surface area contributed by atoms with Crippen LogP contribution >= 0.6 is 11.6 Å². The minimum absolute atomic E-state index is 0.0300. The van der Waals surface area contributed by atoms with Crippen LogP contribution in [0.4, 0.5) is 0 Å². The lowest BCUT2D eigenvalue weighted by Crippen LogP contribution is -2.42. The van der Waals surface area contributed by atoms with Crippen molar-refractivity contribution in [1.82, 2.24) is 4.90 Å². The number of halogens is 1. The Morgan fingerprint density at radius 1 is 1.47 bits per heavy atom. The molecule has 1 amide bonds. The molecule has 17 heavy (non-hydrogen) atoms. The first-order valence-corrected chi connectivity index (χ1v) is 6.26. The molecule has 0 bridgehead atoms. The van der Waals surface area contributed by atoms with Gasteiger partial charge in [-0.1, -0.05) is 23.7 Å². The van der Waals surface area contributed by atoms with Crippen molar-refractivity contribution in [3.8, 4) is 0 Å². The van der Waals surface area contributed by atoms with Crippen LogP contribution in [0, 0.1) is 0 Å². The highest BCUT2D eigenvalue weighted by Gasteiger charge is 2.33. The minimum atomic E-state index is -0.428. The number of hydrogen-bond donors (Lipinski definition) is 1. The summed E-state index contributed by atoms with van der Waals surface area (Å²) in [6.45, 7) is 2.36. The third-order valence-corrected chi connectivity index (χ3v) is 3.18.